The van der Waals surface area contributed by atoms with Crippen LogP contribution >= 0.6 is 15.9 Å². The number of hydrogen-bond donors (Lipinski definition) is 3. The van der Waals surface area contributed by atoms with Gasteiger partial charge in [-0.25, -0.2) is 0 Å². The summed E-state index contributed by atoms with van der Waals surface area (Å²) in [6, 6.07) is 5.39. The Hall–Kier alpha value is -0.780. The number of ether oxygens (including phenoxy) is 1. The summed E-state index contributed by atoms with van der Waals surface area (Å²) in [5, 5.41) is 12.2. The van der Waals surface area contributed by atoms with Crippen molar-refractivity contribution in [2.24, 2.45) is 0 Å². The number of methoxy groups -OCH3 is 1. The van der Waals surface area contributed by atoms with Crippen LogP contribution in [0.15, 0.2) is 22.7 Å². The van der Waals surface area contributed by atoms with Gasteiger partial charge in [0.2, 0.25) is 0 Å². The van der Waals surface area contributed by atoms with Gasteiger partial charge < -0.3 is 20.9 Å². The maximum atomic E-state index is 9.08. The minimum atomic E-state index is -0.147. The summed E-state index contributed by atoms with van der Waals surface area (Å²) < 4.78 is 5.90. The molecule has 0 fully saturated rings. The molecule has 0 aliphatic carbocycles. The predicted octanol–water partition coefficient (Wildman–Crippen LogP) is 1.45. The zero-order chi connectivity index (χ0) is 11.3. The van der Waals surface area contributed by atoms with Crippen molar-refractivity contribution in [3.8, 4) is 0 Å². The fourth-order valence-corrected chi connectivity index (χ4v) is 1.58. The second kappa shape index (κ2) is 5.95. The molecular weight excluding hydrogens is 260 g/mol. The van der Waals surface area contributed by atoms with Crippen LogP contribution in [0.5, 0.6) is 0 Å². The van der Waals surface area contributed by atoms with Crippen molar-refractivity contribution in [3.05, 3.63) is 22.7 Å². The Morgan fingerprint density at radius 1 is 1.60 bits per heavy atom. The van der Waals surface area contributed by atoms with Gasteiger partial charge in [-0.2, -0.15) is 0 Å². The molecule has 1 rings (SSSR count). The molecule has 0 saturated carbocycles. The summed E-state index contributed by atoms with van der Waals surface area (Å²) in [6.07, 6.45) is 0. The maximum absolute atomic E-state index is 9.08. The number of halogens is 1. The van der Waals surface area contributed by atoms with Crippen LogP contribution in [0.25, 0.3) is 0 Å². The highest BCUT2D eigenvalue weighted by molar-refractivity contribution is 9.10. The van der Waals surface area contributed by atoms with Crippen molar-refractivity contribution in [2.75, 3.05) is 31.4 Å². The Kier molecular flexibility index (Phi) is 4.87. The highest BCUT2D eigenvalue weighted by atomic mass is 79.9. The minimum absolute atomic E-state index is 0.000205. The zero-order valence-corrected chi connectivity index (χ0v) is 10.1. The lowest BCUT2D eigenvalue weighted by molar-refractivity contribution is 0.153. The van der Waals surface area contributed by atoms with Crippen molar-refractivity contribution in [3.63, 3.8) is 0 Å². The summed E-state index contributed by atoms with van der Waals surface area (Å²) in [5.41, 5.74) is 7.22. The van der Waals surface area contributed by atoms with Gasteiger partial charge in [0, 0.05) is 11.6 Å². The molecule has 0 amide bonds. The molecule has 0 bridgehead atoms. The molecule has 15 heavy (non-hydrogen) atoms. The lowest BCUT2D eigenvalue weighted by Crippen LogP contribution is -2.29. The highest BCUT2D eigenvalue weighted by Gasteiger charge is 2.08. The van der Waals surface area contributed by atoms with Gasteiger partial charge in [0.05, 0.1) is 30.6 Å². The van der Waals surface area contributed by atoms with E-state index in [9.17, 15) is 0 Å². The van der Waals surface area contributed by atoms with Crippen molar-refractivity contribution < 1.29 is 9.84 Å². The summed E-state index contributed by atoms with van der Waals surface area (Å²) in [4.78, 5) is 0. The van der Waals surface area contributed by atoms with Crippen LogP contribution < -0.4 is 11.1 Å². The van der Waals surface area contributed by atoms with Gasteiger partial charge in [-0.1, -0.05) is 15.9 Å². The van der Waals surface area contributed by atoms with E-state index >= 15 is 0 Å². The average molecular weight is 275 g/mol. The molecule has 0 heterocycles. The van der Waals surface area contributed by atoms with Gasteiger partial charge in [-0.3, -0.25) is 0 Å². The van der Waals surface area contributed by atoms with Crippen LogP contribution in [-0.2, 0) is 4.74 Å². The number of anilines is 2. The molecule has 1 aromatic carbocycles. The van der Waals surface area contributed by atoms with Crippen molar-refractivity contribution in [1.29, 1.82) is 0 Å². The second-order valence-corrected chi connectivity index (χ2v) is 4.13. The number of hydrogen-bond acceptors (Lipinski definition) is 4. The topological polar surface area (TPSA) is 67.5 Å². The Balaban J connectivity index is 2.73. The van der Waals surface area contributed by atoms with Gasteiger partial charge in [0.25, 0.3) is 0 Å². The summed E-state index contributed by atoms with van der Waals surface area (Å²) in [7, 11) is 1.59. The Morgan fingerprint density at radius 2 is 2.33 bits per heavy atom. The van der Waals surface area contributed by atoms with Crippen molar-refractivity contribution in [2.45, 2.75) is 6.04 Å². The van der Waals surface area contributed by atoms with Crippen LogP contribution in [0.2, 0.25) is 0 Å². The number of nitrogen functional groups attached to an aromatic ring is 1. The molecule has 1 unspecified atom stereocenters. The monoisotopic (exact) mass is 274 g/mol. The molecule has 4 nitrogen and oxygen atoms in total. The number of nitrogens with one attached hydrogen (secondary N) is 1. The molecule has 0 aliphatic rings. The first-order chi connectivity index (χ1) is 7.17. The van der Waals surface area contributed by atoms with Gasteiger partial charge in [-0.15, -0.1) is 0 Å². The SMILES string of the molecule is COCC(CO)Nc1cc(Br)ccc1N. The van der Waals surface area contributed by atoms with Crippen LogP contribution in [-0.4, -0.2) is 31.5 Å². The maximum Gasteiger partial charge on any atom is 0.0726 e. The third kappa shape index (κ3) is 3.70. The molecule has 0 aromatic heterocycles. The van der Waals surface area contributed by atoms with E-state index in [1.54, 1.807) is 13.2 Å². The quantitative estimate of drug-likeness (QED) is 0.711. The molecule has 0 aliphatic heterocycles. The van der Waals surface area contributed by atoms with Crippen molar-refractivity contribution in [1.82, 2.24) is 0 Å². The molecule has 0 radical (unpaired) electrons. The largest absolute Gasteiger partial charge is 0.397 e. The third-order valence-electron chi connectivity index (χ3n) is 1.96. The van der Waals surface area contributed by atoms with E-state index < -0.39 is 0 Å². The first-order valence-electron chi connectivity index (χ1n) is 4.58. The van der Waals surface area contributed by atoms with Crippen LogP contribution in [0.1, 0.15) is 0 Å². The number of rotatable bonds is 5. The van der Waals surface area contributed by atoms with E-state index in [2.05, 4.69) is 21.2 Å². The molecule has 1 atom stereocenters. The lowest BCUT2D eigenvalue weighted by atomic mass is 10.2. The Labute approximate surface area is 97.6 Å². The Morgan fingerprint density at radius 3 is 2.93 bits per heavy atom. The number of benzene rings is 1. The molecule has 0 spiro atoms. The average Bonchev–Trinajstić information content (AvgIpc) is 2.22. The molecule has 5 heteroatoms. The van der Waals surface area contributed by atoms with Gasteiger partial charge >= 0.3 is 0 Å². The van der Waals surface area contributed by atoms with Gasteiger partial charge in [0.1, 0.15) is 0 Å². The molecular formula is C10H15BrN2O2. The summed E-state index contributed by atoms with van der Waals surface area (Å²) >= 11 is 3.36. The fraction of sp³-hybridized carbons (Fsp3) is 0.400. The fourth-order valence-electron chi connectivity index (χ4n) is 1.21. The first kappa shape index (κ1) is 12.3. The third-order valence-corrected chi connectivity index (χ3v) is 2.46. The summed E-state index contributed by atoms with van der Waals surface area (Å²) in [5.74, 6) is 0. The van der Waals surface area contributed by atoms with Gasteiger partial charge in [-0.05, 0) is 18.2 Å². The molecule has 84 valence electrons. The van der Waals surface area contributed by atoms with E-state index in [4.69, 9.17) is 15.6 Å². The van der Waals surface area contributed by atoms with Crippen LogP contribution in [0.3, 0.4) is 0 Å². The molecule has 4 N–H and O–H groups in total. The predicted molar refractivity (Wildman–Crippen MR) is 64.9 cm³/mol. The van der Waals surface area contributed by atoms with E-state index in [1.165, 1.54) is 0 Å². The van der Waals surface area contributed by atoms with Crippen LogP contribution in [0.4, 0.5) is 11.4 Å². The molecule has 1 aromatic rings. The van der Waals surface area contributed by atoms with Crippen LogP contribution in [0, 0.1) is 0 Å². The van der Waals surface area contributed by atoms with E-state index in [1.807, 2.05) is 12.1 Å². The molecule has 0 saturated heterocycles. The normalized spacial score (nSPS) is 12.5. The smallest absolute Gasteiger partial charge is 0.0726 e. The van der Waals surface area contributed by atoms with E-state index in [-0.39, 0.29) is 12.6 Å². The second-order valence-electron chi connectivity index (χ2n) is 3.21. The lowest BCUT2D eigenvalue weighted by Gasteiger charge is -2.18. The number of aliphatic hydroxyl groups excluding tert-OH is 1. The highest BCUT2D eigenvalue weighted by Crippen LogP contribution is 2.23. The summed E-state index contributed by atoms with van der Waals surface area (Å²) in [6.45, 7) is 0.433. The number of nitrogens with two attached hydrogens (primary N) is 1. The standard InChI is InChI=1S/C10H15BrN2O2/c1-15-6-8(5-14)13-10-4-7(11)2-3-9(10)12/h2-4,8,13-14H,5-6,12H2,1H3. The van der Waals surface area contributed by atoms with E-state index in [0.717, 1.165) is 10.2 Å². The van der Waals surface area contributed by atoms with Crippen molar-refractivity contribution >= 4 is 27.3 Å². The first-order valence-corrected chi connectivity index (χ1v) is 5.38. The zero-order valence-electron chi connectivity index (χ0n) is 8.53. The Bertz CT molecular complexity index is 320. The minimum Gasteiger partial charge on any atom is -0.397 e. The van der Waals surface area contributed by atoms with Gasteiger partial charge in [0.15, 0.2) is 0 Å². The van der Waals surface area contributed by atoms with E-state index in [0.29, 0.717) is 12.3 Å². The number of aliphatic hydroxyl groups is 1.